The second kappa shape index (κ2) is 8.34. The first-order chi connectivity index (χ1) is 12.2. The topological polar surface area (TPSA) is 61.9 Å². The molecule has 1 atom stereocenters. The molecule has 2 aliphatic rings. The number of hydrogen-bond donors (Lipinski definition) is 1. The Bertz CT molecular complexity index is 596. The van der Waals surface area contributed by atoms with Crippen molar-refractivity contribution in [2.75, 3.05) is 32.8 Å². The summed E-state index contributed by atoms with van der Waals surface area (Å²) in [7, 11) is 0. The Labute approximate surface area is 149 Å². The van der Waals surface area contributed by atoms with Crippen LogP contribution in [0.3, 0.4) is 0 Å². The fourth-order valence-corrected chi connectivity index (χ4v) is 3.53. The molecule has 1 aromatic rings. The summed E-state index contributed by atoms with van der Waals surface area (Å²) in [5.74, 6) is 0.907. The number of nitrogens with zero attached hydrogens (tertiary/aromatic N) is 2. The number of amides is 2. The number of carbonyl (C=O) groups excluding carboxylic acids is 2. The van der Waals surface area contributed by atoms with Crippen molar-refractivity contribution in [2.24, 2.45) is 0 Å². The van der Waals surface area contributed by atoms with Gasteiger partial charge in [0.15, 0.2) is 0 Å². The minimum atomic E-state index is -0.381. The molecular formula is C19H27N3O3. The van der Waals surface area contributed by atoms with Crippen molar-refractivity contribution in [1.82, 2.24) is 15.1 Å². The molecule has 0 radical (unpaired) electrons. The van der Waals surface area contributed by atoms with Crippen LogP contribution in [0.25, 0.3) is 0 Å². The van der Waals surface area contributed by atoms with E-state index in [9.17, 15) is 9.59 Å². The number of benzene rings is 1. The first-order valence-corrected chi connectivity index (χ1v) is 9.18. The van der Waals surface area contributed by atoms with Crippen LogP contribution < -0.4 is 10.1 Å². The molecule has 2 heterocycles. The molecule has 6 heteroatoms. The molecule has 0 bridgehead atoms. The number of hydrogen-bond acceptors (Lipinski definition) is 4. The van der Waals surface area contributed by atoms with E-state index in [1.54, 1.807) is 0 Å². The lowest BCUT2D eigenvalue weighted by Gasteiger charge is -2.35. The van der Waals surface area contributed by atoms with Gasteiger partial charge in [0.2, 0.25) is 11.8 Å². The highest BCUT2D eigenvalue weighted by atomic mass is 16.5. The lowest BCUT2D eigenvalue weighted by Crippen LogP contribution is -2.56. The number of carbonyl (C=O) groups is 2. The monoisotopic (exact) mass is 345 g/mol. The van der Waals surface area contributed by atoms with Gasteiger partial charge in [0.25, 0.3) is 0 Å². The van der Waals surface area contributed by atoms with Gasteiger partial charge >= 0.3 is 0 Å². The third-order valence-corrected chi connectivity index (χ3v) is 4.89. The summed E-state index contributed by atoms with van der Waals surface area (Å²) >= 11 is 0. The van der Waals surface area contributed by atoms with Crippen molar-refractivity contribution in [3.8, 4) is 5.75 Å². The van der Waals surface area contributed by atoms with Crippen LogP contribution in [-0.2, 0) is 16.1 Å². The fourth-order valence-electron chi connectivity index (χ4n) is 3.53. The van der Waals surface area contributed by atoms with Crippen LogP contribution in [0.5, 0.6) is 5.75 Å². The number of ether oxygens (including phenoxy) is 1. The fraction of sp³-hybridized carbons (Fsp3) is 0.579. The van der Waals surface area contributed by atoms with E-state index in [1.165, 1.54) is 0 Å². The van der Waals surface area contributed by atoms with Crippen molar-refractivity contribution < 1.29 is 14.3 Å². The van der Waals surface area contributed by atoms with Crippen LogP contribution in [0.2, 0.25) is 0 Å². The summed E-state index contributed by atoms with van der Waals surface area (Å²) in [6.45, 7) is 6.31. The molecule has 25 heavy (non-hydrogen) atoms. The first-order valence-electron chi connectivity index (χ1n) is 9.18. The maximum absolute atomic E-state index is 12.5. The molecule has 6 nitrogen and oxygen atoms in total. The number of likely N-dealkylation sites (tertiary alicyclic amines) is 1. The van der Waals surface area contributed by atoms with E-state index in [2.05, 4.69) is 10.2 Å². The highest BCUT2D eigenvalue weighted by Crippen LogP contribution is 2.19. The quantitative estimate of drug-likeness (QED) is 0.847. The van der Waals surface area contributed by atoms with E-state index in [0.29, 0.717) is 19.7 Å². The smallest absolute Gasteiger partial charge is 0.237 e. The average molecular weight is 345 g/mol. The van der Waals surface area contributed by atoms with E-state index in [-0.39, 0.29) is 24.3 Å². The molecule has 1 N–H and O–H groups in total. The Morgan fingerprint density at radius 2 is 1.92 bits per heavy atom. The SMILES string of the molecule is CCOc1ccc(CN2CCNC(=O)[C@H]2CC(=O)N2CCCC2)cc1. The standard InChI is InChI=1S/C19H27N3O3/c1-2-25-16-7-5-15(6-8-16)14-22-12-9-20-19(24)17(22)13-18(23)21-10-3-4-11-21/h5-8,17H,2-4,9-14H2,1H3,(H,20,24)/t17-/m1/s1. The van der Waals surface area contributed by atoms with E-state index >= 15 is 0 Å². The summed E-state index contributed by atoms with van der Waals surface area (Å²) < 4.78 is 5.47. The van der Waals surface area contributed by atoms with Crippen molar-refractivity contribution in [3.05, 3.63) is 29.8 Å². The minimum absolute atomic E-state index is 0.0373. The molecule has 3 rings (SSSR count). The van der Waals surface area contributed by atoms with Gasteiger partial charge in [-0.3, -0.25) is 14.5 Å². The van der Waals surface area contributed by atoms with E-state index in [4.69, 9.17) is 4.74 Å². The first kappa shape index (κ1) is 17.7. The van der Waals surface area contributed by atoms with Gasteiger partial charge in [0.1, 0.15) is 5.75 Å². The minimum Gasteiger partial charge on any atom is -0.494 e. The third kappa shape index (κ3) is 4.51. The van der Waals surface area contributed by atoms with Gasteiger partial charge in [0.05, 0.1) is 19.1 Å². The van der Waals surface area contributed by atoms with Crippen molar-refractivity contribution >= 4 is 11.8 Å². The maximum Gasteiger partial charge on any atom is 0.237 e. The average Bonchev–Trinajstić information content (AvgIpc) is 3.14. The summed E-state index contributed by atoms with van der Waals surface area (Å²) in [6.07, 6.45) is 2.40. The maximum atomic E-state index is 12.5. The highest BCUT2D eigenvalue weighted by molar-refractivity contribution is 5.88. The molecule has 0 aromatic heterocycles. The van der Waals surface area contributed by atoms with Gasteiger partial charge in [0, 0.05) is 32.7 Å². The van der Waals surface area contributed by atoms with Gasteiger partial charge in [-0.25, -0.2) is 0 Å². The zero-order valence-corrected chi connectivity index (χ0v) is 14.9. The molecule has 0 spiro atoms. The van der Waals surface area contributed by atoms with Crippen LogP contribution >= 0.6 is 0 Å². The van der Waals surface area contributed by atoms with Gasteiger partial charge in [-0.1, -0.05) is 12.1 Å². The summed E-state index contributed by atoms with van der Waals surface area (Å²) in [6, 6.07) is 7.57. The van der Waals surface area contributed by atoms with Crippen molar-refractivity contribution in [3.63, 3.8) is 0 Å². The van der Waals surface area contributed by atoms with Gasteiger partial charge < -0.3 is 15.0 Å². The Morgan fingerprint density at radius 1 is 1.20 bits per heavy atom. The second-order valence-electron chi connectivity index (χ2n) is 6.65. The van der Waals surface area contributed by atoms with Crippen LogP contribution in [0.15, 0.2) is 24.3 Å². The summed E-state index contributed by atoms with van der Waals surface area (Å²) in [5, 5.41) is 2.90. The zero-order chi connectivity index (χ0) is 17.6. The van der Waals surface area contributed by atoms with E-state index < -0.39 is 0 Å². The molecule has 0 aliphatic carbocycles. The van der Waals surface area contributed by atoms with Crippen LogP contribution in [0.1, 0.15) is 31.7 Å². The predicted octanol–water partition coefficient (Wildman–Crippen LogP) is 1.40. The number of rotatable bonds is 6. The number of piperazine rings is 1. The summed E-state index contributed by atoms with van der Waals surface area (Å²) in [5.41, 5.74) is 1.12. The van der Waals surface area contributed by atoms with Gasteiger partial charge in [-0.15, -0.1) is 0 Å². The largest absolute Gasteiger partial charge is 0.494 e. The molecule has 2 aliphatic heterocycles. The Kier molecular flexibility index (Phi) is 5.91. The molecule has 2 saturated heterocycles. The molecule has 1 aromatic carbocycles. The van der Waals surface area contributed by atoms with Crippen LogP contribution in [0, 0.1) is 0 Å². The third-order valence-electron chi connectivity index (χ3n) is 4.89. The van der Waals surface area contributed by atoms with Gasteiger partial charge in [-0.2, -0.15) is 0 Å². The lowest BCUT2D eigenvalue weighted by atomic mass is 10.1. The molecule has 0 unspecified atom stereocenters. The van der Waals surface area contributed by atoms with Crippen molar-refractivity contribution in [2.45, 2.75) is 38.8 Å². The Balaban J connectivity index is 1.64. The van der Waals surface area contributed by atoms with Crippen LogP contribution in [0.4, 0.5) is 0 Å². The summed E-state index contributed by atoms with van der Waals surface area (Å²) in [4.78, 5) is 28.8. The van der Waals surface area contributed by atoms with E-state index in [1.807, 2.05) is 36.1 Å². The van der Waals surface area contributed by atoms with Gasteiger partial charge in [-0.05, 0) is 37.5 Å². The Morgan fingerprint density at radius 3 is 2.60 bits per heavy atom. The lowest BCUT2D eigenvalue weighted by molar-refractivity contribution is -0.138. The molecule has 136 valence electrons. The Hall–Kier alpha value is -2.08. The van der Waals surface area contributed by atoms with Crippen molar-refractivity contribution in [1.29, 1.82) is 0 Å². The van der Waals surface area contributed by atoms with E-state index in [0.717, 1.165) is 43.8 Å². The van der Waals surface area contributed by atoms with Crippen LogP contribution in [-0.4, -0.2) is 60.4 Å². The normalized spacial score (nSPS) is 21.2. The number of nitrogens with one attached hydrogen (secondary N) is 1. The zero-order valence-electron chi connectivity index (χ0n) is 14.9. The molecule has 0 saturated carbocycles. The molecule has 2 fully saturated rings. The molecule has 2 amide bonds. The second-order valence-corrected chi connectivity index (χ2v) is 6.65. The molecular weight excluding hydrogens is 318 g/mol. The highest BCUT2D eigenvalue weighted by Gasteiger charge is 2.33. The predicted molar refractivity (Wildman–Crippen MR) is 95.2 cm³/mol.